The summed E-state index contributed by atoms with van der Waals surface area (Å²) in [6, 6.07) is 7.15. The number of halogens is 1. The van der Waals surface area contributed by atoms with Gasteiger partial charge >= 0.3 is 0 Å². The lowest BCUT2D eigenvalue weighted by Crippen LogP contribution is -2.20. The van der Waals surface area contributed by atoms with E-state index in [-0.39, 0.29) is 5.91 Å². The number of carbonyl (C=O) groups excluding carboxylic acids is 1. The van der Waals surface area contributed by atoms with Gasteiger partial charge in [0, 0.05) is 16.2 Å². The number of nitrogens with one attached hydrogen (secondary N) is 1. The molecule has 0 saturated heterocycles. The highest BCUT2D eigenvalue weighted by Gasteiger charge is 2.16. The Labute approximate surface area is 170 Å². The summed E-state index contributed by atoms with van der Waals surface area (Å²) in [5, 5.41) is 4.04. The molecule has 8 nitrogen and oxygen atoms in total. The summed E-state index contributed by atoms with van der Waals surface area (Å²) < 4.78 is 18.5. The number of rotatable bonds is 6. The molecule has 9 heteroatoms. The van der Waals surface area contributed by atoms with Crippen LogP contribution >= 0.6 is 15.9 Å². The Bertz CT molecular complexity index is 1040. The normalized spacial score (nSPS) is 11.0. The van der Waals surface area contributed by atoms with Crippen LogP contribution in [0.3, 0.4) is 0 Å². The number of ether oxygens (including phenoxy) is 3. The first-order valence-corrected chi connectivity index (χ1v) is 9.05. The largest absolute Gasteiger partial charge is 0.493 e. The second kappa shape index (κ2) is 8.30. The van der Waals surface area contributed by atoms with Crippen LogP contribution in [-0.4, -0.2) is 42.8 Å². The van der Waals surface area contributed by atoms with Crippen LogP contribution < -0.4 is 19.6 Å². The fourth-order valence-corrected chi connectivity index (χ4v) is 3.14. The second-order valence-corrected chi connectivity index (χ2v) is 6.69. The molecular weight excluding hydrogens is 428 g/mol. The highest BCUT2D eigenvalue weighted by atomic mass is 79.9. The highest BCUT2D eigenvalue weighted by Crippen LogP contribution is 2.37. The topological polar surface area (TPSA) is 86.5 Å². The maximum absolute atomic E-state index is 12.6. The average molecular weight is 447 g/mol. The first-order chi connectivity index (χ1) is 13.5. The monoisotopic (exact) mass is 446 g/mol. The fraction of sp³-hybridized carbons (Fsp3) is 0.211. The van der Waals surface area contributed by atoms with E-state index in [4.69, 9.17) is 14.2 Å². The maximum Gasteiger partial charge on any atom is 0.290 e. The first-order valence-electron chi connectivity index (χ1n) is 8.26. The van der Waals surface area contributed by atoms with Gasteiger partial charge in [0.15, 0.2) is 11.5 Å². The van der Waals surface area contributed by atoms with E-state index in [1.165, 1.54) is 27.5 Å². The van der Waals surface area contributed by atoms with E-state index in [0.717, 1.165) is 4.47 Å². The Morgan fingerprint density at radius 1 is 1.18 bits per heavy atom. The summed E-state index contributed by atoms with van der Waals surface area (Å²) in [6.07, 6.45) is 3.28. The Balaban J connectivity index is 1.85. The molecule has 0 unspecified atom stereocenters. The standard InChI is InChI=1S/C19H19BrN4O4/c1-11-17(24-10-13(20)5-6-16(24)22-11)19(25)23-21-9-12-7-14(26-2)18(28-4)15(8-12)27-3/h5-10H,1-4H3,(H,23,25)/b21-9+. The van der Waals surface area contributed by atoms with Gasteiger partial charge in [0.05, 0.1) is 33.2 Å². The van der Waals surface area contributed by atoms with Gasteiger partial charge in [-0.2, -0.15) is 5.10 Å². The van der Waals surface area contributed by atoms with Crippen molar-refractivity contribution in [2.45, 2.75) is 6.92 Å². The predicted octanol–water partition coefficient (Wildman–Crippen LogP) is 3.19. The zero-order valence-corrected chi connectivity index (χ0v) is 17.4. The van der Waals surface area contributed by atoms with Crippen molar-refractivity contribution in [1.82, 2.24) is 14.8 Å². The molecule has 0 atom stereocenters. The number of imidazole rings is 1. The number of methoxy groups -OCH3 is 3. The van der Waals surface area contributed by atoms with Gasteiger partial charge in [0.2, 0.25) is 5.75 Å². The van der Waals surface area contributed by atoms with Crippen LogP contribution in [0.25, 0.3) is 5.65 Å². The van der Waals surface area contributed by atoms with Crippen LogP contribution in [0.4, 0.5) is 0 Å². The van der Waals surface area contributed by atoms with E-state index in [9.17, 15) is 4.79 Å². The first kappa shape index (κ1) is 19.7. The minimum Gasteiger partial charge on any atom is -0.493 e. The number of hydrogen-bond acceptors (Lipinski definition) is 6. The summed E-state index contributed by atoms with van der Waals surface area (Å²) in [5.74, 6) is 1.11. The molecule has 0 aliphatic carbocycles. The molecule has 1 N–H and O–H groups in total. The summed E-state index contributed by atoms with van der Waals surface area (Å²) in [6.45, 7) is 1.78. The third-order valence-electron chi connectivity index (χ3n) is 4.04. The Hall–Kier alpha value is -3.07. The SMILES string of the molecule is COc1cc(/C=N/NC(=O)c2c(C)nc3ccc(Br)cn23)cc(OC)c1OC. The smallest absolute Gasteiger partial charge is 0.290 e. The van der Waals surface area contributed by atoms with Gasteiger partial charge in [-0.15, -0.1) is 0 Å². The van der Waals surface area contributed by atoms with Gasteiger partial charge in [0.1, 0.15) is 11.3 Å². The molecule has 0 aliphatic heterocycles. The van der Waals surface area contributed by atoms with Crippen molar-refractivity contribution in [3.8, 4) is 17.2 Å². The molecule has 3 aromatic rings. The van der Waals surface area contributed by atoms with Crippen molar-refractivity contribution >= 4 is 33.7 Å². The molecule has 0 fully saturated rings. The van der Waals surface area contributed by atoms with Crippen molar-refractivity contribution in [3.05, 3.63) is 51.9 Å². The van der Waals surface area contributed by atoms with Crippen molar-refractivity contribution in [2.75, 3.05) is 21.3 Å². The molecule has 0 spiro atoms. The third kappa shape index (κ3) is 3.79. The highest BCUT2D eigenvalue weighted by molar-refractivity contribution is 9.10. The minimum absolute atomic E-state index is 0.369. The summed E-state index contributed by atoms with van der Waals surface area (Å²) in [5.41, 5.74) is 4.91. The van der Waals surface area contributed by atoms with Gasteiger partial charge in [-0.25, -0.2) is 10.4 Å². The van der Waals surface area contributed by atoms with E-state index in [1.807, 2.05) is 12.1 Å². The van der Waals surface area contributed by atoms with Crippen LogP contribution in [0.15, 0.2) is 40.0 Å². The maximum atomic E-state index is 12.6. The van der Waals surface area contributed by atoms with Crippen LogP contribution in [0, 0.1) is 6.92 Å². The minimum atomic E-state index is -0.369. The Morgan fingerprint density at radius 2 is 1.86 bits per heavy atom. The van der Waals surface area contributed by atoms with Gasteiger partial charge in [-0.3, -0.25) is 9.20 Å². The number of hydrogen-bond donors (Lipinski definition) is 1. The molecule has 28 heavy (non-hydrogen) atoms. The van der Waals surface area contributed by atoms with Crippen molar-refractivity contribution in [2.24, 2.45) is 5.10 Å². The molecule has 146 valence electrons. The molecule has 1 amide bonds. The van der Waals surface area contributed by atoms with E-state index in [0.29, 0.717) is 39.8 Å². The Morgan fingerprint density at radius 3 is 2.46 bits per heavy atom. The Kier molecular flexibility index (Phi) is 5.84. The van der Waals surface area contributed by atoms with Crippen molar-refractivity contribution < 1.29 is 19.0 Å². The van der Waals surface area contributed by atoms with Crippen LogP contribution in [-0.2, 0) is 0 Å². The molecule has 2 aromatic heterocycles. The van der Waals surface area contributed by atoms with E-state index < -0.39 is 0 Å². The number of aryl methyl sites for hydroxylation is 1. The summed E-state index contributed by atoms with van der Waals surface area (Å²) in [7, 11) is 4.60. The van der Waals surface area contributed by atoms with Gasteiger partial charge < -0.3 is 14.2 Å². The number of nitrogens with zero attached hydrogens (tertiary/aromatic N) is 3. The summed E-state index contributed by atoms with van der Waals surface area (Å²) in [4.78, 5) is 17.0. The molecule has 0 bridgehead atoms. The molecule has 3 rings (SSSR count). The molecular formula is C19H19BrN4O4. The number of benzene rings is 1. The molecule has 0 aliphatic rings. The zero-order chi connectivity index (χ0) is 20.3. The van der Waals surface area contributed by atoms with Crippen molar-refractivity contribution in [3.63, 3.8) is 0 Å². The fourth-order valence-electron chi connectivity index (χ4n) is 2.80. The van der Waals surface area contributed by atoms with Gasteiger partial charge in [-0.05, 0) is 47.1 Å². The van der Waals surface area contributed by atoms with E-state index in [2.05, 4.69) is 31.4 Å². The molecule has 0 saturated carbocycles. The average Bonchev–Trinajstić information content (AvgIpc) is 3.01. The summed E-state index contributed by atoms with van der Waals surface area (Å²) >= 11 is 3.40. The number of hydrazone groups is 1. The van der Waals surface area contributed by atoms with Crippen LogP contribution in [0.5, 0.6) is 17.2 Å². The number of carbonyl (C=O) groups is 1. The lowest BCUT2D eigenvalue weighted by molar-refractivity contribution is 0.0948. The zero-order valence-electron chi connectivity index (χ0n) is 15.8. The van der Waals surface area contributed by atoms with Crippen molar-refractivity contribution in [1.29, 1.82) is 0 Å². The second-order valence-electron chi connectivity index (χ2n) is 5.78. The number of fused-ring (bicyclic) bond motifs is 1. The molecule has 0 radical (unpaired) electrons. The predicted molar refractivity (Wildman–Crippen MR) is 109 cm³/mol. The van der Waals surface area contributed by atoms with Gasteiger partial charge in [0.25, 0.3) is 5.91 Å². The number of amides is 1. The van der Waals surface area contributed by atoms with Crippen LogP contribution in [0.2, 0.25) is 0 Å². The number of pyridine rings is 1. The lowest BCUT2D eigenvalue weighted by Gasteiger charge is -2.12. The number of aromatic nitrogens is 2. The third-order valence-corrected chi connectivity index (χ3v) is 4.51. The molecule has 1 aromatic carbocycles. The van der Waals surface area contributed by atoms with Gasteiger partial charge in [-0.1, -0.05) is 0 Å². The quantitative estimate of drug-likeness (QED) is 0.464. The molecule has 2 heterocycles. The van der Waals surface area contributed by atoms with Crippen LogP contribution in [0.1, 0.15) is 21.7 Å². The lowest BCUT2D eigenvalue weighted by atomic mass is 10.2. The van der Waals surface area contributed by atoms with E-state index >= 15 is 0 Å². The van der Waals surface area contributed by atoms with E-state index in [1.54, 1.807) is 29.7 Å².